The summed E-state index contributed by atoms with van der Waals surface area (Å²) in [6.45, 7) is 4.97. The van der Waals surface area contributed by atoms with Crippen molar-refractivity contribution in [3.63, 3.8) is 0 Å². The fraction of sp³-hybridized carbons (Fsp3) is 0.188. The maximum absolute atomic E-state index is 13.7. The molecule has 0 saturated carbocycles. The number of hydrogen-bond donors (Lipinski definition) is 7. The van der Waals surface area contributed by atoms with E-state index in [1.54, 1.807) is 42.6 Å². The fourth-order valence-electron chi connectivity index (χ4n) is 5.50. The number of fused-ring (bicyclic) bond motifs is 3. The summed E-state index contributed by atoms with van der Waals surface area (Å²) >= 11 is 0. The second-order valence-corrected chi connectivity index (χ2v) is 11.0. The highest BCUT2D eigenvalue weighted by Crippen LogP contribution is 2.28. The minimum atomic E-state index is -0.284. The number of rotatable bonds is 5. The van der Waals surface area contributed by atoms with Crippen LogP contribution in [0.25, 0.3) is 22.4 Å². The number of nitrogens with two attached hydrogens (primary N) is 2. The van der Waals surface area contributed by atoms with E-state index in [2.05, 4.69) is 30.9 Å². The first-order chi connectivity index (χ1) is 21.1. The molecule has 3 aromatic carbocycles. The Hall–Kier alpha value is -5.65. The van der Waals surface area contributed by atoms with E-state index in [1.807, 2.05) is 19.9 Å². The maximum atomic E-state index is 13.7. The lowest BCUT2D eigenvalue weighted by atomic mass is 10.0. The topological polar surface area (TPSA) is 184 Å². The minimum Gasteiger partial charge on any atom is -0.397 e. The van der Waals surface area contributed by atoms with Crippen LogP contribution in [-0.4, -0.2) is 32.8 Å². The van der Waals surface area contributed by atoms with Crippen LogP contribution in [0.1, 0.15) is 49.9 Å². The summed E-state index contributed by atoms with van der Waals surface area (Å²) in [7, 11) is 0. The van der Waals surface area contributed by atoms with Crippen LogP contribution < -0.4 is 33.0 Å². The van der Waals surface area contributed by atoms with Crippen LogP contribution in [0.15, 0.2) is 59.5 Å². The van der Waals surface area contributed by atoms with Crippen molar-refractivity contribution in [1.29, 1.82) is 0 Å². The highest BCUT2D eigenvalue weighted by molar-refractivity contribution is 6.02. The molecule has 0 unspecified atom stereocenters. The third-order valence-electron chi connectivity index (χ3n) is 7.82. The summed E-state index contributed by atoms with van der Waals surface area (Å²) in [5.41, 5.74) is 19.2. The summed E-state index contributed by atoms with van der Waals surface area (Å²) in [5.74, 6) is -0.0374. The average molecular weight is 595 g/mol. The summed E-state index contributed by atoms with van der Waals surface area (Å²) in [6.07, 6.45) is 2.17. The van der Waals surface area contributed by atoms with Gasteiger partial charge in [-0.15, -0.1) is 0 Å². The summed E-state index contributed by atoms with van der Waals surface area (Å²) in [4.78, 5) is 46.3. The molecule has 0 saturated heterocycles. The van der Waals surface area contributed by atoms with Crippen molar-refractivity contribution in [1.82, 2.24) is 25.6 Å². The lowest BCUT2D eigenvalue weighted by Gasteiger charge is -2.18. The highest BCUT2D eigenvalue weighted by Gasteiger charge is 2.22. The van der Waals surface area contributed by atoms with Gasteiger partial charge in [-0.2, -0.15) is 0 Å². The number of nitrogen functional groups attached to an aromatic ring is 2. The van der Waals surface area contributed by atoms with Crippen molar-refractivity contribution < 1.29 is 14.0 Å². The average Bonchev–Trinajstić information content (AvgIpc) is 3.67. The SMILES string of the molecule is Cc1ccc(F)cc1C[C@H](C)Nc1cc[nH]c(=O)c1-c1nc2cc3c(cc2[nH]1)CNC3=O.Nc1cc2c(cc1N)C(=O)NC2. The number of nitrogens with zero attached hydrogens (tertiary/aromatic N) is 1. The molecule has 5 aromatic rings. The van der Waals surface area contributed by atoms with Gasteiger partial charge in [-0.3, -0.25) is 14.4 Å². The van der Waals surface area contributed by atoms with E-state index in [1.165, 1.54) is 6.07 Å². The van der Waals surface area contributed by atoms with Gasteiger partial charge in [0.25, 0.3) is 17.4 Å². The van der Waals surface area contributed by atoms with Gasteiger partial charge in [0.05, 0.1) is 28.1 Å². The first-order valence-electron chi connectivity index (χ1n) is 14.1. The summed E-state index contributed by atoms with van der Waals surface area (Å²) in [5, 5.41) is 8.86. The Balaban J connectivity index is 0.000000238. The van der Waals surface area contributed by atoms with E-state index in [-0.39, 0.29) is 29.2 Å². The number of anilines is 3. The zero-order valence-corrected chi connectivity index (χ0v) is 24.1. The molecule has 224 valence electrons. The van der Waals surface area contributed by atoms with Gasteiger partial charge < -0.3 is 37.4 Å². The Bertz CT molecular complexity index is 2020. The van der Waals surface area contributed by atoms with Crippen molar-refractivity contribution in [2.75, 3.05) is 16.8 Å². The lowest BCUT2D eigenvalue weighted by molar-refractivity contribution is 0.0957. The maximum Gasteiger partial charge on any atom is 0.261 e. The number of carbonyl (C=O) groups is 2. The molecule has 0 fully saturated rings. The van der Waals surface area contributed by atoms with E-state index >= 15 is 0 Å². The standard InChI is InChI=1S/C24H22FN5O2.C8H9N3O/c1-12-3-4-16(25)8-14(12)7-13(2)28-18-5-6-26-24(32)21(18)22-29-19-9-15-11-27-23(31)17(15)10-20(19)30-22;9-6-1-4-3-11-8(12)5(4)2-7(6)10/h3-6,8-10,13H,7,11H2,1-2H3,(H,27,31)(H,29,30)(H2,26,28,32);1-2H,3,9-10H2,(H,11,12)/t13-;/m0./s1. The molecular formula is C32H31FN8O3. The quantitative estimate of drug-likeness (QED) is 0.151. The Morgan fingerprint density at radius 3 is 2.36 bits per heavy atom. The van der Waals surface area contributed by atoms with Gasteiger partial charge in [-0.1, -0.05) is 6.07 Å². The second kappa shape index (κ2) is 11.2. The van der Waals surface area contributed by atoms with Gasteiger partial charge in [-0.05, 0) is 85.0 Å². The molecular weight excluding hydrogens is 563 g/mol. The fourth-order valence-corrected chi connectivity index (χ4v) is 5.50. The number of aromatic nitrogens is 3. The van der Waals surface area contributed by atoms with Crippen LogP contribution in [0.4, 0.5) is 21.5 Å². The van der Waals surface area contributed by atoms with Gasteiger partial charge in [0.2, 0.25) is 0 Å². The number of nitrogens with one attached hydrogen (secondary N) is 5. The smallest absolute Gasteiger partial charge is 0.261 e. The Kier molecular flexibility index (Phi) is 7.25. The van der Waals surface area contributed by atoms with Crippen LogP contribution >= 0.6 is 0 Å². The summed E-state index contributed by atoms with van der Waals surface area (Å²) < 4.78 is 13.7. The predicted octanol–water partition coefficient (Wildman–Crippen LogP) is 3.75. The van der Waals surface area contributed by atoms with E-state index in [0.717, 1.165) is 27.8 Å². The molecule has 44 heavy (non-hydrogen) atoms. The Morgan fingerprint density at radius 2 is 1.61 bits per heavy atom. The van der Waals surface area contributed by atoms with Gasteiger partial charge in [0, 0.05) is 36.5 Å². The van der Waals surface area contributed by atoms with E-state index < -0.39 is 0 Å². The zero-order chi connectivity index (χ0) is 31.1. The second-order valence-electron chi connectivity index (χ2n) is 11.0. The first kappa shape index (κ1) is 28.5. The number of hydrogen-bond acceptors (Lipinski definition) is 7. The number of pyridine rings is 1. The zero-order valence-electron chi connectivity index (χ0n) is 24.1. The first-order valence-corrected chi connectivity index (χ1v) is 14.1. The van der Waals surface area contributed by atoms with Gasteiger partial charge in [0.15, 0.2) is 0 Å². The van der Waals surface area contributed by atoms with Crippen molar-refractivity contribution in [2.45, 2.75) is 39.4 Å². The highest BCUT2D eigenvalue weighted by atomic mass is 19.1. The van der Waals surface area contributed by atoms with Crippen LogP contribution in [0.5, 0.6) is 0 Å². The molecule has 0 bridgehead atoms. The lowest BCUT2D eigenvalue weighted by Crippen LogP contribution is -2.22. The molecule has 1 atom stereocenters. The van der Waals surface area contributed by atoms with E-state index in [0.29, 0.717) is 64.6 Å². The number of aromatic amines is 2. The molecule has 2 aromatic heterocycles. The molecule has 2 amide bonds. The number of carbonyl (C=O) groups excluding carboxylic acids is 2. The number of halogens is 1. The predicted molar refractivity (Wildman–Crippen MR) is 168 cm³/mol. The summed E-state index contributed by atoms with van der Waals surface area (Å²) in [6, 6.07) is 13.5. The molecule has 0 radical (unpaired) electrons. The van der Waals surface area contributed by atoms with Crippen molar-refractivity contribution in [2.24, 2.45) is 0 Å². The van der Waals surface area contributed by atoms with Crippen molar-refractivity contribution >= 4 is 39.9 Å². The third-order valence-corrected chi connectivity index (χ3v) is 7.82. The minimum absolute atomic E-state index is 0.0621. The molecule has 12 heteroatoms. The van der Waals surface area contributed by atoms with Gasteiger partial charge in [-0.25, -0.2) is 9.37 Å². The number of imidazole rings is 1. The Labute approximate surface area is 251 Å². The van der Waals surface area contributed by atoms with Crippen molar-refractivity contribution in [3.05, 3.63) is 104 Å². The molecule has 0 spiro atoms. The van der Waals surface area contributed by atoms with E-state index in [4.69, 9.17) is 11.5 Å². The van der Waals surface area contributed by atoms with Crippen molar-refractivity contribution in [3.8, 4) is 11.4 Å². The van der Waals surface area contributed by atoms with E-state index in [9.17, 15) is 18.8 Å². The van der Waals surface area contributed by atoms with Crippen LogP contribution in [-0.2, 0) is 19.5 Å². The molecule has 0 aliphatic carbocycles. The molecule has 9 N–H and O–H groups in total. The monoisotopic (exact) mass is 594 g/mol. The van der Waals surface area contributed by atoms with Gasteiger partial charge in [0.1, 0.15) is 17.2 Å². The largest absolute Gasteiger partial charge is 0.397 e. The van der Waals surface area contributed by atoms with Gasteiger partial charge >= 0.3 is 0 Å². The van der Waals surface area contributed by atoms with Crippen LogP contribution in [0.2, 0.25) is 0 Å². The van der Waals surface area contributed by atoms with Crippen LogP contribution in [0.3, 0.4) is 0 Å². The molecule has 4 heterocycles. The number of aryl methyl sites for hydroxylation is 1. The molecule has 2 aliphatic heterocycles. The number of benzene rings is 3. The normalized spacial score (nSPS) is 13.9. The number of H-pyrrole nitrogens is 2. The molecule has 2 aliphatic rings. The third kappa shape index (κ3) is 5.44. The van der Waals surface area contributed by atoms with Crippen LogP contribution in [0, 0.1) is 12.7 Å². The Morgan fingerprint density at radius 1 is 0.932 bits per heavy atom. The number of amides is 2. The molecule has 11 nitrogen and oxygen atoms in total. The molecule has 7 rings (SSSR count).